The smallest absolute Gasteiger partial charge is 0.410 e. The molecule has 1 aliphatic rings. The second kappa shape index (κ2) is 9.12. The molecule has 1 aromatic rings. The van der Waals surface area contributed by atoms with Gasteiger partial charge in [0.2, 0.25) is 5.91 Å². The number of ether oxygens (including phenoxy) is 2. The van der Waals surface area contributed by atoms with Gasteiger partial charge in [0, 0.05) is 32.6 Å². The van der Waals surface area contributed by atoms with Crippen molar-refractivity contribution in [2.75, 3.05) is 32.8 Å². The summed E-state index contributed by atoms with van der Waals surface area (Å²) in [6.45, 7) is 8.02. The molecule has 0 aromatic heterocycles. The van der Waals surface area contributed by atoms with Crippen molar-refractivity contribution in [3.05, 3.63) is 29.3 Å². The molecule has 2 amide bonds. The van der Waals surface area contributed by atoms with Crippen molar-refractivity contribution >= 4 is 23.6 Å². The maximum atomic E-state index is 12.3. The summed E-state index contributed by atoms with van der Waals surface area (Å²) in [7, 11) is 0. The van der Waals surface area contributed by atoms with Crippen LogP contribution >= 0.6 is 11.6 Å². The summed E-state index contributed by atoms with van der Waals surface area (Å²) in [4.78, 5) is 27.8. The summed E-state index contributed by atoms with van der Waals surface area (Å²) in [5.74, 6) is 0.712. The summed E-state index contributed by atoms with van der Waals surface area (Å²) in [5, 5.41) is 0.567. The van der Waals surface area contributed by atoms with Gasteiger partial charge in [-0.2, -0.15) is 0 Å². The third-order valence-electron chi connectivity index (χ3n) is 3.91. The lowest BCUT2D eigenvalue weighted by Crippen LogP contribution is -2.51. The van der Waals surface area contributed by atoms with Gasteiger partial charge in [0.25, 0.3) is 0 Å². The lowest BCUT2D eigenvalue weighted by Gasteiger charge is -2.35. The topological polar surface area (TPSA) is 59.1 Å². The van der Waals surface area contributed by atoms with E-state index in [0.29, 0.717) is 56.4 Å². The van der Waals surface area contributed by atoms with Gasteiger partial charge in [-0.1, -0.05) is 23.7 Å². The highest BCUT2D eigenvalue weighted by atomic mass is 35.5. The van der Waals surface area contributed by atoms with Crippen LogP contribution in [0.5, 0.6) is 5.75 Å². The van der Waals surface area contributed by atoms with Crippen LogP contribution in [-0.2, 0) is 9.53 Å². The largest absolute Gasteiger partial charge is 0.492 e. The van der Waals surface area contributed by atoms with Crippen molar-refractivity contribution in [3.8, 4) is 5.75 Å². The first kappa shape index (κ1) is 20.4. The summed E-state index contributed by atoms with van der Waals surface area (Å²) in [5.41, 5.74) is -0.508. The molecule has 6 nitrogen and oxygen atoms in total. The zero-order valence-electron chi connectivity index (χ0n) is 15.7. The lowest BCUT2D eigenvalue weighted by atomic mass is 10.2. The molecule has 0 unspecified atom stereocenters. The number of carbonyl (C=O) groups excluding carboxylic acids is 2. The zero-order valence-corrected chi connectivity index (χ0v) is 16.4. The first-order chi connectivity index (χ1) is 12.3. The van der Waals surface area contributed by atoms with Gasteiger partial charge in [-0.05, 0) is 39.3 Å². The molecule has 0 spiro atoms. The molecule has 0 bridgehead atoms. The average molecular weight is 383 g/mol. The summed E-state index contributed by atoms with van der Waals surface area (Å²) >= 11 is 6.02. The van der Waals surface area contributed by atoms with Crippen LogP contribution in [0.15, 0.2) is 24.3 Å². The minimum atomic E-state index is -0.508. The van der Waals surface area contributed by atoms with Crippen molar-refractivity contribution < 1.29 is 19.1 Å². The van der Waals surface area contributed by atoms with Crippen molar-refractivity contribution in [1.29, 1.82) is 0 Å². The Hall–Kier alpha value is -1.95. The summed E-state index contributed by atoms with van der Waals surface area (Å²) < 4.78 is 11.0. The predicted molar refractivity (Wildman–Crippen MR) is 101 cm³/mol. The molecule has 0 atom stereocenters. The van der Waals surface area contributed by atoms with Crippen molar-refractivity contribution in [2.24, 2.45) is 0 Å². The molecule has 2 rings (SSSR count). The van der Waals surface area contributed by atoms with E-state index in [0.717, 1.165) is 0 Å². The van der Waals surface area contributed by atoms with E-state index >= 15 is 0 Å². The van der Waals surface area contributed by atoms with Crippen molar-refractivity contribution in [3.63, 3.8) is 0 Å². The Labute approximate surface area is 160 Å². The normalized spacial score (nSPS) is 14.9. The molecule has 26 heavy (non-hydrogen) atoms. The first-order valence-corrected chi connectivity index (χ1v) is 9.27. The minimum absolute atomic E-state index is 0.0802. The van der Waals surface area contributed by atoms with Crippen LogP contribution in [0.25, 0.3) is 0 Å². The molecule has 1 saturated heterocycles. The zero-order chi connectivity index (χ0) is 19.2. The molecule has 1 fully saturated rings. The molecule has 1 heterocycles. The third-order valence-corrected chi connectivity index (χ3v) is 4.23. The number of halogens is 1. The van der Waals surface area contributed by atoms with Gasteiger partial charge in [-0.15, -0.1) is 0 Å². The first-order valence-electron chi connectivity index (χ1n) is 8.89. The Morgan fingerprint density at radius 1 is 1.08 bits per heavy atom. The SMILES string of the molecule is CC(C)(C)OC(=O)N1CCN(C(=O)CCCOc2ccccc2Cl)CC1. The molecule has 0 radical (unpaired) electrons. The third kappa shape index (κ3) is 6.41. The fraction of sp³-hybridized carbons (Fsp3) is 0.579. The Morgan fingerprint density at radius 3 is 2.31 bits per heavy atom. The number of benzene rings is 1. The highest BCUT2D eigenvalue weighted by molar-refractivity contribution is 6.32. The van der Waals surface area contributed by atoms with Crippen LogP contribution in [0.1, 0.15) is 33.6 Å². The van der Waals surface area contributed by atoms with Crippen LogP contribution in [0, 0.1) is 0 Å². The van der Waals surface area contributed by atoms with Gasteiger partial charge in [-0.25, -0.2) is 4.79 Å². The van der Waals surface area contributed by atoms with Crippen LogP contribution in [0.2, 0.25) is 5.02 Å². The molecule has 1 aromatic carbocycles. The van der Waals surface area contributed by atoms with E-state index in [-0.39, 0.29) is 12.0 Å². The molecule has 144 valence electrons. The molecule has 0 N–H and O–H groups in total. The number of hydrogen-bond donors (Lipinski definition) is 0. The van der Waals surface area contributed by atoms with E-state index < -0.39 is 5.60 Å². The van der Waals surface area contributed by atoms with E-state index in [1.54, 1.807) is 21.9 Å². The lowest BCUT2D eigenvalue weighted by molar-refractivity contribution is -0.133. The van der Waals surface area contributed by atoms with E-state index in [9.17, 15) is 9.59 Å². The molecular formula is C19H27ClN2O4. The number of carbonyl (C=O) groups is 2. The van der Waals surface area contributed by atoms with Gasteiger partial charge in [0.1, 0.15) is 11.4 Å². The Morgan fingerprint density at radius 2 is 1.69 bits per heavy atom. The standard InChI is InChI=1S/C19H27ClN2O4/c1-19(2,3)26-18(24)22-12-10-21(11-13-22)17(23)9-6-14-25-16-8-5-4-7-15(16)20/h4-5,7-8H,6,9-14H2,1-3H3. The van der Waals surface area contributed by atoms with E-state index in [1.165, 1.54) is 0 Å². The van der Waals surface area contributed by atoms with Gasteiger partial charge in [0.15, 0.2) is 0 Å². The van der Waals surface area contributed by atoms with Gasteiger partial charge < -0.3 is 19.3 Å². The van der Waals surface area contributed by atoms with Crippen molar-refractivity contribution in [1.82, 2.24) is 9.80 Å². The monoisotopic (exact) mass is 382 g/mol. The van der Waals surface area contributed by atoms with Crippen LogP contribution < -0.4 is 4.74 Å². The Balaban J connectivity index is 1.67. The highest BCUT2D eigenvalue weighted by Gasteiger charge is 2.27. The summed E-state index contributed by atoms with van der Waals surface area (Å²) in [6, 6.07) is 7.28. The average Bonchev–Trinajstić information content (AvgIpc) is 2.58. The van der Waals surface area contributed by atoms with E-state index in [1.807, 2.05) is 32.9 Å². The van der Waals surface area contributed by atoms with E-state index in [2.05, 4.69) is 0 Å². The second-order valence-electron chi connectivity index (χ2n) is 7.23. The maximum absolute atomic E-state index is 12.3. The predicted octanol–water partition coefficient (Wildman–Crippen LogP) is 3.58. The minimum Gasteiger partial charge on any atom is -0.492 e. The van der Waals surface area contributed by atoms with E-state index in [4.69, 9.17) is 21.1 Å². The maximum Gasteiger partial charge on any atom is 0.410 e. The van der Waals surface area contributed by atoms with Crippen LogP contribution in [0.3, 0.4) is 0 Å². The fourth-order valence-electron chi connectivity index (χ4n) is 2.59. The second-order valence-corrected chi connectivity index (χ2v) is 7.64. The number of hydrogen-bond acceptors (Lipinski definition) is 4. The molecule has 0 saturated carbocycles. The number of piperazine rings is 1. The highest BCUT2D eigenvalue weighted by Crippen LogP contribution is 2.23. The van der Waals surface area contributed by atoms with Crippen LogP contribution in [-0.4, -0.2) is 60.2 Å². The van der Waals surface area contributed by atoms with Crippen molar-refractivity contribution in [2.45, 2.75) is 39.2 Å². The molecule has 7 heteroatoms. The summed E-state index contributed by atoms with van der Waals surface area (Å²) in [6.07, 6.45) is 0.713. The molecular weight excluding hydrogens is 356 g/mol. The number of nitrogens with zero attached hydrogens (tertiary/aromatic N) is 2. The number of amides is 2. The Bertz CT molecular complexity index is 622. The number of rotatable bonds is 5. The molecule has 1 aliphatic heterocycles. The van der Waals surface area contributed by atoms with Gasteiger partial charge in [-0.3, -0.25) is 4.79 Å². The molecule has 0 aliphatic carbocycles. The fourth-order valence-corrected chi connectivity index (χ4v) is 2.78. The number of para-hydroxylation sites is 1. The van der Waals surface area contributed by atoms with Crippen LogP contribution in [0.4, 0.5) is 4.79 Å². The van der Waals surface area contributed by atoms with Gasteiger partial charge >= 0.3 is 6.09 Å². The van der Waals surface area contributed by atoms with Gasteiger partial charge in [0.05, 0.1) is 11.6 Å². The Kier molecular flexibility index (Phi) is 7.14. The quantitative estimate of drug-likeness (QED) is 0.730.